The summed E-state index contributed by atoms with van der Waals surface area (Å²) in [6.07, 6.45) is 0. The van der Waals surface area contributed by atoms with Gasteiger partial charge in [0.05, 0.1) is 0 Å². The summed E-state index contributed by atoms with van der Waals surface area (Å²) in [6.45, 7) is 0.259. The van der Waals surface area contributed by atoms with Crippen molar-refractivity contribution >= 4 is 39.9 Å². The molecule has 5 heteroatoms. The Bertz CT molecular complexity index is 243. The van der Waals surface area contributed by atoms with Gasteiger partial charge in [-0.15, -0.1) is 0 Å². The first-order valence-corrected chi connectivity index (χ1v) is 4.12. The zero-order valence-electron chi connectivity index (χ0n) is 6.34. The standard InChI is InChI=1S/C6H5O4.Na/c1-9-5(7)4-2-3-10-6(4)8;/h3H2,1H3;. The summed E-state index contributed by atoms with van der Waals surface area (Å²) < 4.78 is 9.79. The van der Waals surface area contributed by atoms with Crippen LogP contribution in [0.15, 0.2) is 8.40 Å². The van der Waals surface area contributed by atoms with Crippen LogP contribution < -0.4 is 0 Å². The van der Waals surface area contributed by atoms with E-state index < -0.39 is 11.9 Å². The van der Waals surface area contributed by atoms with E-state index in [1.54, 1.807) is 0 Å². The first-order valence-electron chi connectivity index (χ1n) is 3.12. The molecule has 0 aromatic carbocycles. The van der Waals surface area contributed by atoms with E-state index in [0.717, 1.165) is 2.82 Å². The van der Waals surface area contributed by atoms with E-state index >= 15 is 0 Å². The van der Waals surface area contributed by atoms with Gasteiger partial charge in [-0.05, 0) is 0 Å². The molecule has 54 valence electrons. The van der Waals surface area contributed by atoms with Gasteiger partial charge in [-0.25, -0.2) is 0 Å². The molecule has 0 aromatic heterocycles. The molecule has 1 aliphatic heterocycles. The monoisotopic (exact) mass is 164 g/mol. The predicted molar refractivity (Wildman–Crippen MR) is 35.8 cm³/mol. The van der Waals surface area contributed by atoms with Crippen molar-refractivity contribution in [1.82, 2.24) is 0 Å². The van der Waals surface area contributed by atoms with Gasteiger partial charge in [-0.2, -0.15) is 0 Å². The molecule has 0 aromatic rings. The van der Waals surface area contributed by atoms with Crippen LogP contribution >= 0.6 is 0 Å². The normalized spacial score (nSPS) is 16.8. The van der Waals surface area contributed by atoms with Crippen molar-refractivity contribution in [3.05, 3.63) is 8.40 Å². The van der Waals surface area contributed by atoms with Gasteiger partial charge in [0.1, 0.15) is 0 Å². The average Bonchev–Trinajstić information content (AvgIpc) is 2.30. The Labute approximate surface area is 81.0 Å². The number of hydrogen-bond acceptors (Lipinski definition) is 4. The Balaban J connectivity index is 2.92. The molecule has 0 bridgehead atoms. The second kappa shape index (κ2) is 3.38. The Morgan fingerprint density at radius 1 is 1.73 bits per heavy atom. The van der Waals surface area contributed by atoms with Crippen LogP contribution in [-0.2, 0) is 19.1 Å². The molecule has 0 saturated heterocycles. The number of hydrogen-bond donors (Lipinski definition) is 0. The van der Waals surface area contributed by atoms with Crippen molar-refractivity contribution in [1.29, 1.82) is 0 Å². The van der Waals surface area contributed by atoms with E-state index in [0.29, 0.717) is 27.9 Å². The van der Waals surface area contributed by atoms with Crippen LogP contribution in [0.2, 0.25) is 0 Å². The minimum atomic E-state index is -0.586. The Kier molecular flexibility index (Phi) is 2.70. The SMILES string of the molecule is COC(=O)C1=[C]([Na])COC1=O. The van der Waals surface area contributed by atoms with E-state index in [1.165, 1.54) is 7.11 Å². The molecule has 4 nitrogen and oxygen atoms in total. The fourth-order valence-corrected chi connectivity index (χ4v) is 1.40. The summed E-state index contributed by atoms with van der Waals surface area (Å²) in [6, 6.07) is 0. The summed E-state index contributed by atoms with van der Waals surface area (Å²) in [5.74, 6) is -1.14. The number of carbonyl (C=O) groups excluding carboxylic acids is 2. The molecular weight excluding hydrogens is 159 g/mol. The molecule has 0 atom stereocenters. The zero-order chi connectivity index (χ0) is 8.43. The molecule has 0 amide bonds. The molecule has 0 N–H and O–H groups in total. The number of cyclic esters (lactones) is 1. The second-order valence-corrected chi connectivity index (χ2v) is 3.43. The van der Waals surface area contributed by atoms with Gasteiger partial charge < -0.3 is 0 Å². The Hall–Kier alpha value is -0.320. The maximum absolute atomic E-state index is 10.9. The van der Waals surface area contributed by atoms with Gasteiger partial charge in [-0.3, -0.25) is 0 Å². The second-order valence-electron chi connectivity index (χ2n) is 2.22. The molecule has 1 aliphatic rings. The van der Waals surface area contributed by atoms with Crippen LogP contribution in [0, 0.1) is 0 Å². The Morgan fingerprint density at radius 3 is 2.73 bits per heavy atom. The summed E-state index contributed by atoms with van der Waals surface area (Å²) >= 11 is 0.660. The van der Waals surface area contributed by atoms with Crippen LogP contribution in [0.4, 0.5) is 0 Å². The fraction of sp³-hybridized carbons (Fsp3) is 0.333. The van der Waals surface area contributed by atoms with E-state index in [1.807, 2.05) is 0 Å². The van der Waals surface area contributed by atoms with Gasteiger partial charge in [0.15, 0.2) is 0 Å². The first kappa shape index (κ1) is 8.77. The molecular formula is C6H5NaO4. The molecule has 11 heavy (non-hydrogen) atoms. The van der Waals surface area contributed by atoms with Gasteiger partial charge in [0.25, 0.3) is 0 Å². The topological polar surface area (TPSA) is 52.6 Å². The molecule has 0 fully saturated rings. The van der Waals surface area contributed by atoms with Crippen molar-refractivity contribution in [2.24, 2.45) is 0 Å². The van der Waals surface area contributed by atoms with Crippen molar-refractivity contribution in [2.75, 3.05) is 13.7 Å². The van der Waals surface area contributed by atoms with Crippen LogP contribution in [0.3, 0.4) is 0 Å². The summed E-state index contributed by atoms with van der Waals surface area (Å²) in [4.78, 5) is 21.7. The third kappa shape index (κ3) is 1.64. The zero-order valence-corrected chi connectivity index (χ0v) is 8.34. The van der Waals surface area contributed by atoms with Crippen molar-refractivity contribution in [3.8, 4) is 0 Å². The van der Waals surface area contributed by atoms with Gasteiger partial charge >= 0.3 is 81.0 Å². The van der Waals surface area contributed by atoms with Crippen LogP contribution in [0.5, 0.6) is 0 Å². The first-order chi connectivity index (χ1) is 5.16. The quantitative estimate of drug-likeness (QED) is 0.287. The van der Waals surface area contributed by atoms with Crippen LogP contribution in [0.25, 0.3) is 0 Å². The molecule has 0 saturated carbocycles. The number of methoxy groups -OCH3 is 1. The third-order valence-electron chi connectivity index (χ3n) is 1.44. The molecule has 0 spiro atoms. The Morgan fingerprint density at radius 2 is 2.36 bits per heavy atom. The minimum absolute atomic E-state index is 0.0965. The number of esters is 2. The molecule has 1 heterocycles. The average molecular weight is 164 g/mol. The number of rotatable bonds is 1. The van der Waals surface area contributed by atoms with Gasteiger partial charge in [0, 0.05) is 0 Å². The fourth-order valence-electron chi connectivity index (χ4n) is 0.852. The molecule has 0 radical (unpaired) electrons. The van der Waals surface area contributed by atoms with Crippen molar-refractivity contribution in [2.45, 2.75) is 0 Å². The van der Waals surface area contributed by atoms with E-state index in [4.69, 9.17) is 0 Å². The summed E-state index contributed by atoms with van der Waals surface area (Å²) in [7, 11) is 1.25. The van der Waals surface area contributed by atoms with Gasteiger partial charge in [0.2, 0.25) is 0 Å². The third-order valence-corrected chi connectivity index (χ3v) is 2.23. The maximum atomic E-state index is 10.9. The van der Waals surface area contributed by atoms with Crippen LogP contribution in [0.1, 0.15) is 0 Å². The number of carbonyl (C=O) groups is 2. The molecule has 0 unspecified atom stereocenters. The van der Waals surface area contributed by atoms with E-state index in [-0.39, 0.29) is 12.2 Å². The summed E-state index contributed by atoms with van der Waals surface area (Å²) in [5.41, 5.74) is 0.0965. The summed E-state index contributed by atoms with van der Waals surface area (Å²) in [5, 5.41) is 0. The van der Waals surface area contributed by atoms with Crippen LogP contribution in [-0.4, -0.2) is 53.6 Å². The molecule has 1 rings (SSSR count). The number of ether oxygens (including phenoxy) is 2. The predicted octanol–water partition coefficient (Wildman–Crippen LogP) is -0.861. The van der Waals surface area contributed by atoms with Crippen molar-refractivity contribution in [3.63, 3.8) is 0 Å². The van der Waals surface area contributed by atoms with E-state index in [2.05, 4.69) is 9.47 Å². The van der Waals surface area contributed by atoms with Crippen molar-refractivity contribution < 1.29 is 19.1 Å². The van der Waals surface area contributed by atoms with E-state index in [9.17, 15) is 9.59 Å². The molecule has 0 aliphatic carbocycles. The van der Waals surface area contributed by atoms with Gasteiger partial charge in [-0.1, -0.05) is 0 Å².